The molecule has 2 nitrogen and oxygen atoms in total. The zero-order valence-corrected chi connectivity index (χ0v) is 8.26. The first-order chi connectivity index (χ1) is 4.95. The minimum atomic E-state index is -0.239. The lowest BCUT2D eigenvalue weighted by Gasteiger charge is -2.25. The van der Waals surface area contributed by atoms with Crippen molar-refractivity contribution in [2.75, 3.05) is 0 Å². The summed E-state index contributed by atoms with van der Waals surface area (Å²) in [7, 11) is 0. The molecule has 2 heteroatoms. The number of aliphatic hydroxyl groups is 1. The monoisotopic (exact) mass is 159 g/mol. The minimum absolute atomic E-state index is 0.190. The fraction of sp³-hybridized carbons (Fsp3) is 1.00. The van der Waals surface area contributed by atoms with E-state index in [9.17, 15) is 5.11 Å². The second kappa shape index (κ2) is 4.73. The van der Waals surface area contributed by atoms with Gasteiger partial charge in [-0.1, -0.05) is 27.7 Å². The lowest BCUT2D eigenvalue weighted by atomic mass is 10.0. The molecular formula is C9H21NO. The SMILES string of the molecule is CC(C)NC(C)C(O)C(C)C. The summed E-state index contributed by atoms with van der Waals surface area (Å²) < 4.78 is 0. The molecule has 11 heavy (non-hydrogen) atoms. The second-order valence-electron chi connectivity index (χ2n) is 3.84. The van der Waals surface area contributed by atoms with Gasteiger partial charge in [0.25, 0.3) is 0 Å². The van der Waals surface area contributed by atoms with Crippen LogP contribution in [-0.2, 0) is 0 Å². The average molecular weight is 159 g/mol. The van der Waals surface area contributed by atoms with Gasteiger partial charge < -0.3 is 10.4 Å². The maximum absolute atomic E-state index is 9.58. The summed E-state index contributed by atoms with van der Waals surface area (Å²) >= 11 is 0. The summed E-state index contributed by atoms with van der Waals surface area (Å²) in [5, 5.41) is 12.9. The van der Waals surface area contributed by atoms with Crippen molar-refractivity contribution >= 4 is 0 Å². The largest absolute Gasteiger partial charge is 0.391 e. The lowest BCUT2D eigenvalue weighted by Crippen LogP contribution is -2.43. The van der Waals surface area contributed by atoms with Crippen LogP contribution in [0.15, 0.2) is 0 Å². The molecule has 0 aromatic rings. The van der Waals surface area contributed by atoms with E-state index in [0.717, 1.165) is 0 Å². The van der Waals surface area contributed by atoms with Gasteiger partial charge in [-0.2, -0.15) is 0 Å². The molecule has 0 radical (unpaired) electrons. The van der Waals surface area contributed by atoms with Gasteiger partial charge in [-0.05, 0) is 12.8 Å². The molecule has 0 saturated carbocycles. The van der Waals surface area contributed by atoms with Crippen LogP contribution in [-0.4, -0.2) is 23.3 Å². The topological polar surface area (TPSA) is 32.3 Å². The molecule has 2 N–H and O–H groups in total. The van der Waals surface area contributed by atoms with Crippen LogP contribution in [0.5, 0.6) is 0 Å². The van der Waals surface area contributed by atoms with Crippen molar-refractivity contribution in [3.05, 3.63) is 0 Å². The Bertz CT molecular complexity index is 102. The number of hydrogen-bond acceptors (Lipinski definition) is 2. The molecule has 0 bridgehead atoms. The van der Waals surface area contributed by atoms with Crippen LogP contribution in [0.2, 0.25) is 0 Å². The summed E-state index contributed by atoms with van der Waals surface area (Å²) in [5.41, 5.74) is 0. The van der Waals surface area contributed by atoms with E-state index in [2.05, 4.69) is 19.2 Å². The maximum atomic E-state index is 9.58. The van der Waals surface area contributed by atoms with Gasteiger partial charge >= 0.3 is 0 Å². The predicted octanol–water partition coefficient (Wildman–Crippen LogP) is 1.39. The first-order valence-electron chi connectivity index (χ1n) is 4.39. The zero-order valence-electron chi connectivity index (χ0n) is 8.26. The summed E-state index contributed by atoms with van der Waals surface area (Å²) in [6.45, 7) is 10.3. The minimum Gasteiger partial charge on any atom is -0.391 e. The second-order valence-corrected chi connectivity index (χ2v) is 3.84. The predicted molar refractivity (Wildman–Crippen MR) is 48.6 cm³/mol. The Hall–Kier alpha value is -0.0800. The van der Waals surface area contributed by atoms with Crippen LogP contribution >= 0.6 is 0 Å². The Kier molecular flexibility index (Phi) is 4.69. The highest BCUT2D eigenvalue weighted by atomic mass is 16.3. The normalized spacial score (nSPS) is 17.5. The lowest BCUT2D eigenvalue weighted by molar-refractivity contribution is 0.0865. The molecular weight excluding hydrogens is 138 g/mol. The van der Waals surface area contributed by atoms with Gasteiger partial charge in [0.05, 0.1) is 6.10 Å². The van der Waals surface area contributed by atoms with E-state index in [-0.39, 0.29) is 12.1 Å². The van der Waals surface area contributed by atoms with E-state index < -0.39 is 0 Å². The Morgan fingerprint density at radius 1 is 1.00 bits per heavy atom. The standard InChI is InChI=1S/C9H21NO/c1-6(2)9(11)8(5)10-7(3)4/h6-11H,1-5H3. The highest BCUT2D eigenvalue weighted by Crippen LogP contribution is 2.05. The Morgan fingerprint density at radius 3 is 1.73 bits per heavy atom. The van der Waals surface area contributed by atoms with E-state index in [1.807, 2.05) is 20.8 Å². The van der Waals surface area contributed by atoms with E-state index in [4.69, 9.17) is 0 Å². The molecule has 0 amide bonds. The van der Waals surface area contributed by atoms with Crippen LogP contribution < -0.4 is 5.32 Å². The third-order valence-corrected chi connectivity index (χ3v) is 1.79. The van der Waals surface area contributed by atoms with Gasteiger partial charge in [0.1, 0.15) is 0 Å². The number of nitrogens with one attached hydrogen (secondary N) is 1. The van der Waals surface area contributed by atoms with Gasteiger partial charge in [0.15, 0.2) is 0 Å². The molecule has 2 unspecified atom stereocenters. The third kappa shape index (κ3) is 4.38. The van der Waals surface area contributed by atoms with Crippen molar-refractivity contribution in [2.24, 2.45) is 5.92 Å². The third-order valence-electron chi connectivity index (χ3n) is 1.79. The van der Waals surface area contributed by atoms with Gasteiger partial charge in [0.2, 0.25) is 0 Å². The molecule has 0 rings (SSSR count). The van der Waals surface area contributed by atoms with Crippen LogP contribution in [0.1, 0.15) is 34.6 Å². The highest BCUT2D eigenvalue weighted by molar-refractivity contribution is 4.74. The summed E-state index contributed by atoms with van der Waals surface area (Å²) in [4.78, 5) is 0. The zero-order chi connectivity index (χ0) is 9.02. The molecule has 0 aliphatic rings. The van der Waals surface area contributed by atoms with Crippen molar-refractivity contribution in [1.82, 2.24) is 5.32 Å². The van der Waals surface area contributed by atoms with E-state index in [1.165, 1.54) is 0 Å². The first-order valence-corrected chi connectivity index (χ1v) is 4.39. The van der Waals surface area contributed by atoms with Gasteiger partial charge in [-0.3, -0.25) is 0 Å². The number of rotatable bonds is 4. The molecule has 0 aromatic heterocycles. The molecule has 0 spiro atoms. The summed E-state index contributed by atoms with van der Waals surface area (Å²) in [5.74, 6) is 0.330. The Morgan fingerprint density at radius 2 is 1.45 bits per heavy atom. The molecule has 0 heterocycles. The molecule has 0 aromatic carbocycles. The van der Waals surface area contributed by atoms with E-state index >= 15 is 0 Å². The smallest absolute Gasteiger partial charge is 0.0713 e. The molecule has 0 aliphatic heterocycles. The van der Waals surface area contributed by atoms with E-state index in [1.54, 1.807) is 0 Å². The van der Waals surface area contributed by atoms with Crippen molar-refractivity contribution in [3.63, 3.8) is 0 Å². The molecule has 2 atom stereocenters. The van der Waals surface area contributed by atoms with Gasteiger partial charge in [0, 0.05) is 12.1 Å². The molecule has 68 valence electrons. The van der Waals surface area contributed by atoms with Crippen molar-refractivity contribution in [3.8, 4) is 0 Å². The summed E-state index contributed by atoms with van der Waals surface area (Å²) in [6, 6.07) is 0.633. The molecule has 0 fully saturated rings. The van der Waals surface area contributed by atoms with Crippen molar-refractivity contribution in [2.45, 2.75) is 52.8 Å². The van der Waals surface area contributed by atoms with Crippen LogP contribution in [0, 0.1) is 5.92 Å². The highest BCUT2D eigenvalue weighted by Gasteiger charge is 2.17. The van der Waals surface area contributed by atoms with Crippen LogP contribution in [0.25, 0.3) is 0 Å². The molecule has 0 aliphatic carbocycles. The fourth-order valence-electron chi connectivity index (χ4n) is 1.20. The summed E-state index contributed by atoms with van der Waals surface area (Å²) in [6.07, 6.45) is -0.239. The number of aliphatic hydroxyl groups excluding tert-OH is 1. The first kappa shape index (κ1) is 10.9. The Labute approximate surface area is 70.0 Å². The molecule has 0 saturated heterocycles. The van der Waals surface area contributed by atoms with Gasteiger partial charge in [-0.25, -0.2) is 0 Å². The average Bonchev–Trinajstić information content (AvgIpc) is 1.84. The van der Waals surface area contributed by atoms with E-state index in [0.29, 0.717) is 12.0 Å². The fourth-order valence-corrected chi connectivity index (χ4v) is 1.20. The Balaban J connectivity index is 3.73. The van der Waals surface area contributed by atoms with Gasteiger partial charge in [-0.15, -0.1) is 0 Å². The van der Waals surface area contributed by atoms with Crippen LogP contribution in [0.3, 0.4) is 0 Å². The van der Waals surface area contributed by atoms with Crippen molar-refractivity contribution in [1.29, 1.82) is 0 Å². The number of hydrogen-bond donors (Lipinski definition) is 2. The maximum Gasteiger partial charge on any atom is 0.0713 e. The van der Waals surface area contributed by atoms with Crippen LogP contribution in [0.4, 0.5) is 0 Å². The quantitative estimate of drug-likeness (QED) is 0.649. The van der Waals surface area contributed by atoms with Crippen molar-refractivity contribution < 1.29 is 5.11 Å².